The van der Waals surface area contributed by atoms with E-state index in [1.807, 2.05) is 37.3 Å². The van der Waals surface area contributed by atoms with Crippen LogP contribution in [0.15, 0.2) is 70.0 Å². The second kappa shape index (κ2) is 13.3. The molecular formula is C29H24BrF3N2O6S. The molecule has 3 aromatic carbocycles. The second-order valence-electron chi connectivity index (χ2n) is 8.76. The van der Waals surface area contributed by atoms with E-state index in [2.05, 4.69) is 21.2 Å². The average molecular weight is 665 g/mol. The van der Waals surface area contributed by atoms with Gasteiger partial charge < -0.3 is 19.5 Å². The number of nitrogens with zero attached hydrogens (tertiary/aromatic N) is 1. The maximum absolute atomic E-state index is 13.1. The Morgan fingerprint density at radius 1 is 1.02 bits per heavy atom. The zero-order valence-electron chi connectivity index (χ0n) is 22.3. The highest BCUT2D eigenvalue weighted by Crippen LogP contribution is 2.39. The number of carbonyl (C=O) groups excluding carboxylic acids is 3. The van der Waals surface area contributed by atoms with Gasteiger partial charge in [0.1, 0.15) is 18.9 Å². The molecule has 4 rings (SSSR count). The zero-order chi connectivity index (χ0) is 30.4. The first-order valence-corrected chi connectivity index (χ1v) is 14.0. The normalized spacial score (nSPS) is 14.3. The lowest BCUT2D eigenvalue weighted by Crippen LogP contribution is -2.36. The number of anilines is 1. The Hall–Kier alpha value is -3.97. The van der Waals surface area contributed by atoms with E-state index in [0.717, 1.165) is 17.7 Å². The molecule has 220 valence electrons. The van der Waals surface area contributed by atoms with Gasteiger partial charge >= 0.3 is 6.18 Å². The largest absolute Gasteiger partial charge is 0.495 e. The number of imide groups is 1. The van der Waals surface area contributed by atoms with Gasteiger partial charge in [-0.2, -0.15) is 13.2 Å². The van der Waals surface area contributed by atoms with Gasteiger partial charge in [-0.1, -0.05) is 46.3 Å². The van der Waals surface area contributed by atoms with Crippen LogP contribution in [0.3, 0.4) is 0 Å². The van der Waals surface area contributed by atoms with Crippen LogP contribution in [0.25, 0.3) is 6.08 Å². The number of nitrogens with one attached hydrogen (secondary N) is 1. The first kappa shape index (κ1) is 31.0. The molecule has 1 aliphatic heterocycles. The Morgan fingerprint density at radius 2 is 1.74 bits per heavy atom. The number of hydrogen-bond donors (Lipinski definition) is 1. The summed E-state index contributed by atoms with van der Waals surface area (Å²) >= 11 is 4.10. The summed E-state index contributed by atoms with van der Waals surface area (Å²) in [5.74, 6) is -0.728. The van der Waals surface area contributed by atoms with Gasteiger partial charge in [0.05, 0.1) is 29.9 Å². The number of thioether (sulfide) groups is 1. The third-order valence-corrected chi connectivity index (χ3v) is 7.46. The van der Waals surface area contributed by atoms with Crippen molar-refractivity contribution < 1.29 is 41.8 Å². The molecule has 42 heavy (non-hydrogen) atoms. The van der Waals surface area contributed by atoms with Gasteiger partial charge in [-0.15, -0.1) is 0 Å². The van der Waals surface area contributed by atoms with Gasteiger partial charge in [-0.05, 0) is 66.2 Å². The first-order valence-electron chi connectivity index (χ1n) is 12.4. The van der Waals surface area contributed by atoms with E-state index in [1.54, 1.807) is 12.1 Å². The smallest absolute Gasteiger partial charge is 0.416 e. The highest BCUT2D eigenvalue weighted by Gasteiger charge is 2.37. The molecule has 8 nitrogen and oxygen atoms in total. The van der Waals surface area contributed by atoms with Crippen molar-refractivity contribution in [2.75, 3.05) is 25.6 Å². The van der Waals surface area contributed by atoms with Crippen LogP contribution in [0.4, 0.5) is 23.7 Å². The Kier molecular flexibility index (Phi) is 9.84. The maximum atomic E-state index is 13.1. The van der Waals surface area contributed by atoms with E-state index in [0.29, 0.717) is 57.5 Å². The van der Waals surface area contributed by atoms with Crippen LogP contribution in [0.5, 0.6) is 17.2 Å². The molecule has 0 atom stereocenters. The van der Waals surface area contributed by atoms with Crippen molar-refractivity contribution in [2.24, 2.45) is 0 Å². The van der Waals surface area contributed by atoms with E-state index in [9.17, 15) is 27.6 Å². The molecule has 3 aromatic rings. The van der Waals surface area contributed by atoms with Gasteiger partial charge in [-0.3, -0.25) is 19.3 Å². The minimum absolute atomic E-state index is 0.0171. The van der Waals surface area contributed by atoms with Crippen molar-refractivity contribution in [2.45, 2.75) is 19.7 Å². The molecule has 0 aliphatic carbocycles. The minimum atomic E-state index is -4.65. The highest BCUT2D eigenvalue weighted by atomic mass is 79.9. The van der Waals surface area contributed by atoms with E-state index in [1.165, 1.54) is 13.2 Å². The number of methoxy groups -OCH3 is 1. The molecular weight excluding hydrogens is 641 g/mol. The molecule has 0 radical (unpaired) electrons. The number of amides is 3. The predicted octanol–water partition coefficient (Wildman–Crippen LogP) is 7.13. The number of rotatable bonds is 10. The molecule has 1 saturated heterocycles. The molecule has 0 aromatic heterocycles. The lowest BCUT2D eigenvalue weighted by atomic mass is 10.1. The Morgan fingerprint density at radius 3 is 2.40 bits per heavy atom. The summed E-state index contributed by atoms with van der Waals surface area (Å²) in [5.41, 5.74) is 0.238. The van der Waals surface area contributed by atoms with Crippen LogP contribution in [-0.2, 0) is 22.4 Å². The molecule has 3 amide bonds. The highest BCUT2D eigenvalue weighted by molar-refractivity contribution is 9.10. The summed E-state index contributed by atoms with van der Waals surface area (Å²) in [6.07, 6.45) is -3.17. The molecule has 1 N–H and O–H groups in total. The van der Waals surface area contributed by atoms with Gasteiger partial charge in [-0.25, -0.2) is 0 Å². The molecule has 0 saturated carbocycles. The third kappa shape index (κ3) is 7.45. The summed E-state index contributed by atoms with van der Waals surface area (Å²) in [7, 11) is 1.23. The van der Waals surface area contributed by atoms with Gasteiger partial charge in [0.25, 0.3) is 11.1 Å². The number of ether oxygens (including phenoxy) is 3. The summed E-state index contributed by atoms with van der Waals surface area (Å²) in [6.45, 7) is 1.76. The maximum Gasteiger partial charge on any atom is 0.416 e. The fraction of sp³-hybridized carbons (Fsp3) is 0.207. The Labute approximate surface area is 251 Å². The Balaban J connectivity index is 1.50. The monoisotopic (exact) mass is 664 g/mol. The molecule has 0 bridgehead atoms. The van der Waals surface area contributed by atoms with Gasteiger partial charge in [0.2, 0.25) is 5.91 Å². The number of alkyl halides is 3. The SMILES string of the molecule is CCOc1cc(/C=C2\SC(=O)N(CC(=O)Nc3cc(C(F)(F)F)ccc3OC)C2=O)c(Br)cc1OCc1ccccc1. The minimum Gasteiger partial charge on any atom is -0.495 e. The number of hydrogen-bond acceptors (Lipinski definition) is 7. The predicted molar refractivity (Wildman–Crippen MR) is 155 cm³/mol. The van der Waals surface area contributed by atoms with Crippen molar-refractivity contribution in [3.05, 3.63) is 86.7 Å². The molecule has 1 fully saturated rings. The zero-order valence-corrected chi connectivity index (χ0v) is 24.7. The van der Waals surface area contributed by atoms with E-state index >= 15 is 0 Å². The summed E-state index contributed by atoms with van der Waals surface area (Å²) < 4.78 is 56.7. The number of benzene rings is 3. The van der Waals surface area contributed by atoms with E-state index in [-0.39, 0.29) is 16.3 Å². The summed E-state index contributed by atoms with van der Waals surface area (Å²) in [6, 6.07) is 15.5. The van der Waals surface area contributed by atoms with Crippen molar-refractivity contribution in [1.29, 1.82) is 0 Å². The van der Waals surface area contributed by atoms with Gasteiger partial charge in [0, 0.05) is 4.47 Å². The van der Waals surface area contributed by atoms with E-state index < -0.39 is 35.3 Å². The van der Waals surface area contributed by atoms with Crippen LogP contribution < -0.4 is 19.5 Å². The summed E-state index contributed by atoms with van der Waals surface area (Å²) in [4.78, 5) is 39.1. The second-order valence-corrected chi connectivity index (χ2v) is 10.6. The van der Waals surface area contributed by atoms with Crippen LogP contribution in [-0.4, -0.2) is 42.2 Å². The van der Waals surface area contributed by atoms with Crippen molar-refractivity contribution in [1.82, 2.24) is 4.90 Å². The number of carbonyl (C=O) groups is 3. The Bertz CT molecular complexity index is 1530. The molecule has 13 heteroatoms. The number of halogens is 4. The fourth-order valence-corrected chi connectivity index (χ4v) is 5.14. The van der Waals surface area contributed by atoms with Crippen molar-refractivity contribution in [3.8, 4) is 17.2 Å². The quantitative estimate of drug-likeness (QED) is 0.231. The average Bonchev–Trinajstić information content (AvgIpc) is 3.21. The lowest BCUT2D eigenvalue weighted by molar-refractivity contribution is -0.137. The lowest BCUT2D eigenvalue weighted by Gasteiger charge is -2.16. The third-order valence-electron chi connectivity index (χ3n) is 5.86. The summed E-state index contributed by atoms with van der Waals surface area (Å²) in [5, 5.41) is 1.58. The van der Waals surface area contributed by atoms with Crippen LogP contribution in [0.1, 0.15) is 23.6 Å². The van der Waals surface area contributed by atoms with Crippen LogP contribution >= 0.6 is 27.7 Å². The van der Waals surface area contributed by atoms with Crippen LogP contribution in [0.2, 0.25) is 0 Å². The van der Waals surface area contributed by atoms with Crippen molar-refractivity contribution in [3.63, 3.8) is 0 Å². The molecule has 1 heterocycles. The molecule has 0 spiro atoms. The van der Waals surface area contributed by atoms with Crippen molar-refractivity contribution >= 4 is 56.5 Å². The van der Waals surface area contributed by atoms with Crippen LogP contribution in [0, 0.1) is 0 Å². The molecule has 1 aliphatic rings. The fourth-order valence-electron chi connectivity index (χ4n) is 3.87. The van der Waals surface area contributed by atoms with E-state index in [4.69, 9.17) is 14.2 Å². The molecule has 0 unspecified atom stereocenters. The van der Waals surface area contributed by atoms with Gasteiger partial charge in [0.15, 0.2) is 11.5 Å². The topological polar surface area (TPSA) is 94.2 Å². The first-order chi connectivity index (χ1) is 20.0. The standard InChI is InChI=1S/C29H24BrF3N2O6S/c1-3-40-23-11-18(20(30)14-24(23)41-16-17-7-5-4-6-8-17)12-25-27(37)35(28(38)42-25)15-26(36)34-21-13-19(29(31,32)33)9-10-22(21)39-2/h4-14H,3,15-16H2,1-2H3,(H,34,36)/b25-12-.